The third-order valence-corrected chi connectivity index (χ3v) is 4.75. The highest BCUT2D eigenvalue weighted by Crippen LogP contribution is 2.12. The summed E-state index contributed by atoms with van der Waals surface area (Å²) in [6.45, 7) is 4.17. The summed E-state index contributed by atoms with van der Waals surface area (Å²) >= 11 is 0. The summed E-state index contributed by atoms with van der Waals surface area (Å²) in [7, 11) is 3.70. The molecule has 0 radical (unpaired) electrons. The number of carbonyl (C=O) groups excluding carboxylic acids is 1. The van der Waals surface area contributed by atoms with Gasteiger partial charge in [0.1, 0.15) is 6.54 Å². The first-order valence-corrected chi connectivity index (χ1v) is 9.35. The molecule has 3 rings (SSSR count). The van der Waals surface area contributed by atoms with Crippen LogP contribution in [0.25, 0.3) is 11.0 Å². The number of nitrogens with one attached hydrogen (secondary N) is 2. The van der Waals surface area contributed by atoms with Crippen molar-refractivity contribution in [1.29, 1.82) is 0 Å². The second-order valence-corrected chi connectivity index (χ2v) is 6.92. The van der Waals surface area contributed by atoms with Gasteiger partial charge in [0.05, 0.1) is 18.1 Å². The molecule has 0 fully saturated rings. The van der Waals surface area contributed by atoms with Gasteiger partial charge in [0.25, 0.3) is 5.91 Å². The summed E-state index contributed by atoms with van der Waals surface area (Å²) in [4.78, 5) is 25.7. The van der Waals surface area contributed by atoms with Crippen LogP contribution in [-0.2, 0) is 19.8 Å². The summed E-state index contributed by atoms with van der Waals surface area (Å²) in [6, 6.07) is 15.6. The second-order valence-electron chi connectivity index (χ2n) is 6.92. The minimum absolute atomic E-state index is 0.0485. The van der Waals surface area contributed by atoms with Crippen molar-refractivity contribution in [2.45, 2.75) is 33.1 Å². The summed E-state index contributed by atoms with van der Waals surface area (Å²) in [6.07, 6.45) is 0.925. The SMILES string of the molecule is CCCn1c(=O)n(C[NH+](C)Cc2ccc(C(=O)NC)cc2)c2ccccc21. The van der Waals surface area contributed by atoms with E-state index in [2.05, 4.69) is 19.3 Å². The first kappa shape index (κ1) is 18.9. The van der Waals surface area contributed by atoms with Crippen LogP contribution in [0.5, 0.6) is 0 Å². The van der Waals surface area contributed by atoms with Gasteiger partial charge in [0.15, 0.2) is 6.67 Å². The molecule has 0 spiro atoms. The third-order valence-electron chi connectivity index (χ3n) is 4.75. The lowest BCUT2D eigenvalue weighted by atomic mass is 10.1. The Bertz CT molecular complexity index is 986. The number of aryl methyl sites for hydroxylation is 1. The molecule has 0 aliphatic rings. The Morgan fingerprint density at radius 1 is 1.04 bits per heavy atom. The molecule has 6 nitrogen and oxygen atoms in total. The molecule has 1 aromatic heterocycles. The number of benzene rings is 2. The van der Waals surface area contributed by atoms with E-state index in [-0.39, 0.29) is 11.6 Å². The summed E-state index contributed by atoms with van der Waals surface area (Å²) in [5.41, 5.74) is 3.80. The Morgan fingerprint density at radius 2 is 1.67 bits per heavy atom. The highest BCUT2D eigenvalue weighted by molar-refractivity contribution is 5.93. The summed E-state index contributed by atoms with van der Waals surface area (Å²) < 4.78 is 3.72. The molecule has 6 heteroatoms. The van der Waals surface area contributed by atoms with E-state index in [0.717, 1.165) is 36.1 Å². The van der Waals surface area contributed by atoms with Crippen LogP contribution in [0.1, 0.15) is 29.3 Å². The van der Waals surface area contributed by atoms with Gasteiger partial charge in [0, 0.05) is 24.7 Å². The molecule has 1 heterocycles. The number of nitrogens with zero attached hydrogens (tertiary/aromatic N) is 2. The number of carbonyl (C=O) groups is 1. The Hall–Kier alpha value is -2.86. The predicted molar refractivity (Wildman–Crippen MR) is 107 cm³/mol. The lowest BCUT2D eigenvalue weighted by Crippen LogP contribution is -3.07. The molecular formula is C21H27N4O2+. The zero-order valence-electron chi connectivity index (χ0n) is 16.2. The molecule has 0 saturated heterocycles. The van der Waals surface area contributed by atoms with Crippen LogP contribution in [0, 0.1) is 0 Å². The minimum Gasteiger partial charge on any atom is -0.355 e. The maximum atomic E-state index is 12.9. The van der Waals surface area contributed by atoms with Crippen molar-refractivity contribution in [2.75, 3.05) is 14.1 Å². The van der Waals surface area contributed by atoms with Crippen LogP contribution in [0.2, 0.25) is 0 Å². The first-order chi connectivity index (χ1) is 13.0. The molecule has 0 aliphatic carbocycles. The van der Waals surface area contributed by atoms with Crippen molar-refractivity contribution < 1.29 is 9.69 Å². The monoisotopic (exact) mass is 367 g/mol. The third kappa shape index (κ3) is 3.95. The van der Waals surface area contributed by atoms with Crippen molar-refractivity contribution in [3.63, 3.8) is 0 Å². The minimum atomic E-state index is -0.0856. The maximum absolute atomic E-state index is 12.9. The number of hydrogen-bond donors (Lipinski definition) is 2. The molecule has 0 bridgehead atoms. The molecule has 2 aromatic carbocycles. The number of quaternary nitrogens is 1. The average Bonchev–Trinajstić information content (AvgIpc) is 2.94. The number of aromatic nitrogens is 2. The van der Waals surface area contributed by atoms with Gasteiger partial charge in [0.2, 0.25) is 0 Å². The van der Waals surface area contributed by atoms with E-state index >= 15 is 0 Å². The van der Waals surface area contributed by atoms with Crippen molar-refractivity contribution in [1.82, 2.24) is 14.5 Å². The van der Waals surface area contributed by atoms with E-state index in [1.165, 1.54) is 4.90 Å². The van der Waals surface area contributed by atoms with E-state index in [1.54, 1.807) is 7.05 Å². The van der Waals surface area contributed by atoms with Crippen LogP contribution in [-0.4, -0.2) is 29.1 Å². The lowest BCUT2D eigenvalue weighted by Gasteiger charge is -2.15. The highest BCUT2D eigenvalue weighted by atomic mass is 16.2. The van der Waals surface area contributed by atoms with Gasteiger partial charge in [-0.15, -0.1) is 0 Å². The average molecular weight is 367 g/mol. The highest BCUT2D eigenvalue weighted by Gasteiger charge is 2.15. The van der Waals surface area contributed by atoms with Crippen LogP contribution in [0.15, 0.2) is 53.3 Å². The van der Waals surface area contributed by atoms with E-state index < -0.39 is 0 Å². The van der Waals surface area contributed by atoms with E-state index in [1.807, 2.05) is 57.7 Å². The zero-order chi connectivity index (χ0) is 19.4. The fourth-order valence-corrected chi connectivity index (χ4v) is 3.46. The lowest BCUT2D eigenvalue weighted by molar-refractivity contribution is -0.916. The van der Waals surface area contributed by atoms with Gasteiger partial charge >= 0.3 is 5.69 Å². The largest absolute Gasteiger partial charge is 0.355 e. The molecule has 2 N–H and O–H groups in total. The molecule has 1 amide bonds. The molecule has 1 atom stereocenters. The topological polar surface area (TPSA) is 60.5 Å². The van der Waals surface area contributed by atoms with Crippen molar-refractivity contribution in [3.05, 3.63) is 70.1 Å². The van der Waals surface area contributed by atoms with Gasteiger partial charge in [-0.1, -0.05) is 31.2 Å². The summed E-state index contributed by atoms with van der Waals surface area (Å²) in [5.74, 6) is -0.0856. The smallest absolute Gasteiger partial charge is 0.333 e. The molecule has 27 heavy (non-hydrogen) atoms. The van der Waals surface area contributed by atoms with Gasteiger partial charge in [-0.25, -0.2) is 9.36 Å². The molecular weight excluding hydrogens is 340 g/mol. The Morgan fingerprint density at radius 3 is 2.26 bits per heavy atom. The Balaban J connectivity index is 1.80. The van der Waals surface area contributed by atoms with Gasteiger partial charge in [-0.2, -0.15) is 0 Å². The van der Waals surface area contributed by atoms with E-state index in [4.69, 9.17) is 0 Å². The number of rotatable bonds is 7. The number of hydrogen-bond acceptors (Lipinski definition) is 2. The quantitative estimate of drug-likeness (QED) is 0.660. The van der Waals surface area contributed by atoms with E-state index in [9.17, 15) is 9.59 Å². The normalized spacial score (nSPS) is 12.3. The van der Waals surface area contributed by atoms with E-state index in [0.29, 0.717) is 12.2 Å². The standard InChI is InChI=1S/C21H26N4O2/c1-4-13-24-18-7-5-6-8-19(18)25(21(24)27)15-23(3)14-16-9-11-17(12-10-16)20(26)22-2/h5-12H,4,13-15H2,1-3H3,(H,22,26)/p+1. The van der Waals surface area contributed by atoms with Crippen LogP contribution >= 0.6 is 0 Å². The van der Waals surface area contributed by atoms with Gasteiger partial charge < -0.3 is 10.2 Å². The predicted octanol–water partition coefficient (Wildman–Crippen LogP) is 1.25. The van der Waals surface area contributed by atoms with Crippen molar-refractivity contribution in [2.24, 2.45) is 0 Å². The molecule has 0 aliphatic heterocycles. The molecule has 0 saturated carbocycles. The number of fused-ring (bicyclic) bond motifs is 1. The van der Waals surface area contributed by atoms with Gasteiger partial charge in [-0.3, -0.25) is 9.36 Å². The summed E-state index contributed by atoms with van der Waals surface area (Å²) in [5, 5.41) is 2.63. The van der Waals surface area contributed by atoms with Crippen LogP contribution in [0.3, 0.4) is 0 Å². The van der Waals surface area contributed by atoms with Crippen LogP contribution in [0.4, 0.5) is 0 Å². The number of amides is 1. The molecule has 142 valence electrons. The zero-order valence-corrected chi connectivity index (χ0v) is 16.2. The van der Waals surface area contributed by atoms with Gasteiger partial charge in [-0.05, 0) is 30.7 Å². The van der Waals surface area contributed by atoms with Crippen molar-refractivity contribution in [3.8, 4) is 0 Å². The number of imidazole rings is 1. The maximum Gasteiger partial charge on any atom is 0.333 e. The molecule has 1 unspecified atom stereocenters. The fourth-order valence-electron chi connectivity index (χ4n) is 3.46. The first-order valence-electron chi connectivity index (χ1n) is 9.35. The second kappa shape index (κ2) is 8.22. The Kier molecular flexibility index (Phi) is 5.76. The molecule has 3 aromatic rings. The van der Waals surface area contributed by atoms with Crippen molar-refractivity contribution >= 4 is 16.9 Å². The fraction of sp³-hybridized carbons (Fsp3) is 0.333. The Labute approximate surface area is 159 Å². The number of para-hydroxylation sites is 2. The van der Waals surface area contributed by atoms with Crippen LogP contribution < -0.4 is 15.9 Å².